The third-order valence-electron chi connectivity index (χ3n) is 4.28. The fourth-order valence-corrected chi connectivity index (χ4v) is 3.57. The maximum absolute atomic E-state index is 3.54. The number of hydrogen-bond donors (Lipinski definition) is 0. The van der Waals surface area contributed by atoms with Crippen LogP contribution in [0.4, 0.5) is 5.69 Å². The molecule has 2 rings (SSSR count). The van der Waals surface area contributed by atoms with Crippen molar-refractivity contribution in [1.82, 2.24) is 4.90 Å². The molecule has 1 aromatic carbocycles. The number of rotatable bonds is 6. The second-order valence-corrected chi connectivity index (χ2v) is 6.83. The normalized spacial score (nSPS) is 18.2. The fraction of sp³-hybridized carbons (Fsp3) is 0.647. The first-order chi connectivity index (χ1) is 9.69. The van der Waals surface area contributed by atoms with E-state index in [0.717, 1.165) is 24.3 Å². The Morgan fingerprint density at radius 3 is 2.55 bits per heavy atom. The van der Waals surface area contributed by atoms with E-state index in [1.54, 1.807) is 0 Å². The van der Waals surface area contributed by atoms with Crippen molar-refractivity contribution in [3.8, 4) is 0 Å². The summed E-state index contributed by atoms with van der Waals surface area (Å²) in [7, 11) is 0. The van der Waals surface area contributed by atoms with Crippen molar-refractivity contribution in [2.45, 2.75) is 26.7 Å². The van der Waals surface area contributed by atoms with Crippen LogP contribution in [0.15, 0.2) is 24.3 Å². The summed E-state index contributed by atoms with van der Waals surface area (Å²) < 4.78 is 0. The molecule has 1 aromatic rings. The Hall–Kier alpha value is -0.540. The summed E-state index contributed by atoms with van der Waals surface area (Å²) in [4.78, 5) is 5.14. The van der Waals surface area contributed by atoms with E-state index >= 15 is 0 Å². The highest BCUT2D eigenvalue weighted by molar-refractivity contribution is 9.09. The Morgan fingerprint density at radius 1 is 1.15 bits per heavy atom. The van der Waals surface area contributed by atoms with E-state index in [0.29, 0.717) is 0 Å². The summed E-state index contributed by atoms with van der Waals surface area (Å²) in [6.45, 7) is 10.5. The molecule has 0 spiro atoms. The van der Waals surface area contributed by atoms with Gasteiger partial charge in [-0.15, -0.1) is 0 Å². The SMILES string of the molecule is Cc1cccc(N2CCN(CCC(C)CCBr)CC2)c1. The van der Waals surface area contributed by atoms with Crippen LogP contribution in [0.2, 0.25) is 0 Å². The van der Waals surface area contributed by atoms with Crippen LogP contribution in [0.1, 0.15) is 25.3 Å². The average Bonchev–Trinajstić information content (AvgIpc) is 2.46. The minimum atomic E-state index is 0.837. The molecule has 1 saturated heterocycles. The summed E-state index contributed by atoms with van der Waals surface area (Å²) in [5.74, 6) is 0.837. The van der Waals surface area contributed by atoms with E-state index in [9.17, 15) is 0 Å². The van der Waals surface area contributed by atoms with Gasteiger partial charge in [0, 0.05) is 37.2 Å². The van der Waals surface area contributed by atoms with Crippen LogP contribution in [0.5, 0.6) is 0 Å². The van der Waals surface area contributed by atoms with E-state index in [2.05, 4.69) is 63.8 Å². The Kier molecular flexibility index (Phi) is 6.37. The first-order valence-corrected chi connectivity index (χ1v) is 8.91. The summed E-state index contributed by atoms with van der Waals surface area (Å²) in [6, 6.07) is 8.87. The van der Waals surface area contributed by atoms with Gasteiger partial charge in [0.25, 0.3) is 0 Å². The number of halogens is 1. The Bertz CT molecular complexity index is 400. The summed E-state index contributed by atoms with van der Waals surface area (Å²) in [6.07, 6.45) is 2.62. The van der Waals surface area contributed by atoms with Crippen molar-refractivity contribution in [2.75, 3.05) is 43.0 Å². The van der Waals surface area contributed by atoms with Gasteiger partial charge in [-0.05, 0) is 49.9 Å². The van der Waals surface area contributed by atoms with Gasteiger partial charge in [0.15, 0.2) is 0 Å². The van der Waals surface area contributed by atoms with Crippen LogP contribution in [0, 0.1) is 12.8 Å². The third kappa shape index (κ3) is 4.78. The standard InChI is InChI=1S/C17H27BrN2/c1-15(6-8-18)7-9-19-10-12-20(13-11-19)17-5-3-4-16(2)14-17/h3-5,14-15H,6-13H2,1-2H3. The van der Waals surface area contributed by atoms with Gasteiger partial charge >= 0.3 is 0 Å². The zero-order valence-corrected chi connectivity index (χ0v) is 14.4. The number of hydrogen-bond acceptors (Lipinski definition) is 2. The molecular formula is C17H27BrN2. The lowest BCUT2D eigenvalue weighted by Crippen LogP contribution is -2.46. The fourth-order valence-electron chi connectivity index (χ4n) is 2.79. The molecule has 1 heterocycles. The Balaban J connectivity index is 1.75. The first kappa shape index (κ1) is 15.8. The lowest BCUT2D eigenvalue weighted by molar-refractivity contribution is 0.240. The van der Waals surface area contributed by atoms with Crippen molar-refractivity contribution >= 4 is 21.6 Å². The van der Waals surface area contributed by atoms with Crippen molar-refractivity contribution in [3.05, 3.63) is 29.8 Å². The third-order valence-corrected chi connectivity index (χ3v) is 4.74. The zero-order chi connectivity index (χ0) is 14.4. The van der Waals surface area contributed by atoms with Crippen LogP contribution < -0.4 is 4.90 Å². The number of anilines is 1. The van der Waals surface area contributed by atoms with Gasteiger partial charge < -0.3 is 4.90 Å². The lowest BCUT2D eigenvalue weighted by Gasteiger charge is -2.36. The second kappa shape index (κ2) is 8.04. The summed E-state index contributed by atoms with van der Waals surface area (Å²) >= 11 is 3.54. The van der Waals surface area contributed by atoms with E-state index in [1.165, 1.54) is 43.7 Å². The predicted molar refractivity (Wildman–Crippen MR) is 92.0 cm³/mol. The van der Waals surface area contributed by atoms with Gasteiger partial charge in [0.05, 0.1) is 0 Å². The summed E-state index contributed by atoms with van der Waals surface area (Å²) in [5.41, 5.74) is 2.74. The van der Waals surface area contributed by atoms with Crippen LogP contribution in [-0.4, -0.2) is 43.0 Å². The smallest absolute Gasteiger partial charge is 0.0369 e. The van der Waals surface area contributed by atoms with Crippen LogP contribution in [-0.2, 0) is 0 Å². The van der Waals surface area contributed by atoms with E-state index < -0.39 is 0 Å². The van der Waals surface area contributed by atoms with Gasteiger partial charge in [0.1, 0.15) is 0 Å². The molecule has 20 heavy (non-hydrogen) atoms. The largest absolute Gasteiger partial charge is 0.369 e. The maximum atomic E-state index is 3.54. The van der Waals surface area contributed by atoms with Gasteiger partial charge in [0.2, 0.25) is 0 Å². The van der Waals surface area contributed by atoms with Crippen LogP contribution in [0.3, 0.4) is 0 Å². The van der Waals surface area contributed by atoms with Gasteiger partial charge in [-0.1, -0.05) is 35.0 Å². The molecule has 1 unspecified atom stereocenters. The van der Waals surface area contributed by atoms with Crippen molar-refractivity contribution in [2.24, 2.45) is 5.92 Å². The molecule has 3 heteroatoms. The van der Waals surface area contributed by atoms with Gasteiger partial charge in [-0.25, -0.2) is 0 Å². The molecule has 112 valence electrons. The maximum Gasteiger partial charge on any atom is 0.0369 e. The highest BCUT2D eigenvalue weighted by atomic mass is 79.9. The molecule has 1 aliphatic heterocycles. The topological polar surface area (TPSA) is 6.48 Å². The number of benzene rings is 1. The molecule has 1 aliphatic rings. The molecule has 1 atom stereocenters. The minimum absolute atomic E-state index is 0.837. The monoisotopic (exact) mass is 338 g/mol. The second-order valence-electron chi connectivity index (χ2n) is 6.04. The number of piperazine rings is 1. The van der Waals surface area contributed by atoms with Crippen molar-refractivity contribution in [1.29, 1.82) is 0 Å². The highest BCUT2D eigenvalue weighted by Gasteiger charge is 2.17. The molecule has 0 saturated carbocycles. The first-order valence-electron chi connectivity index (χ1n) is 7.79. The molecule has 0 aliphatic carbocycles. The summed E-state index contributed by atoms with van der Waals surface area (Å²) in [5, 5.41) is 1.13. The van der Waals surface area contributed by atoms with Gasteiger partial charge in [-0.3, -0.25) is 4.90 Å². The predicted octanol–water partition coefficient (Wildman–Crippen LogP) is 3.93. The van der Waals surface area contributed by atoms with Crippen molar-refractivity contribution < 1.29 is 0 Å². The highest BCUT2D eigenvalue weighted by Crippen LogP contribution is 2.18. The molecule has 0 bridgehead atoms. The number of alkyl halides is 1. The quantitative estimate of drug-likeness (QED) is 0.725. The molecular weight excluding hydrogens is 312 g/mol. The zero-order valence-electron chi connectivity index (χ0n) is 12.8. The molecule has 2 nitrogen and oxygen atoms in total. The van der Waals surface area contributed by atoms with E-state index in [1.807, 2.05) is 0 Å². The minimum Gasteiger partial charge on any atom is -0.369 e. The molecule has 0 N–H and O–H groups in total. The van der Waals surface area contributed by atoms with E-state index in [-0.39, 0.29) is 0 Å². The Labute approximate surface area is 132 Å². The van der Waals surface area contributed by atoms with E-state index in [4.69, 9.17) is 0 Å². The van der Waals surface area contributed by atoms with Gasteiger partial charge in [-0.2, -0.15) is 0 Å². The average molecular weight is 339 g/mol. The molecule has 0 aromatic heterocycles. The molecule has 0 amide bonds. The number of aryl methyl sites for hydroxylation is 1. The van der Waals surface area contributed by atoms with Crippen molar-refractivity contribution in [3.63, 3.8) is 0 Å². The molecule has 1 fully saturated rings. The van der Waals surface area contributed by atoms with Crippen LogP contribution >= 0.6 is 15.9 Å². The molecule has 0 radical (unpaired) electrons. The number of nitrogens with zero attached hydrogens (tertiary/aromatic N) is 2. The lowest BCUT2D eigenvalue weighted by atomic mass is 10.0. The Morgan fingerprint density at radius 2 is 1.90 bits per heavy atom. The van der Waals surface area contributed by atoms with Crippen LogP contribution in [0.25, 0.3) is 0 Å².